The molecule has 0 saturated heterocycles. The zero-order valence-electron chi connectivity index (χ0n) is 8.85. The van der Waals surface area contributed by atoms with Crippen LogP contribution in [0.5, 0.6) is 5.75 Å². The molecule has 2 aromatic carbocycles. The second-order valence-corrected chi connectivity index (χ2v) is 4.42. The number of rotatable bonds is 2. The Kier molecular flexibility index (Phi) is 3.44. The summed E-state index contributed by atoms with van der Waals surface area (Å²) in [6, 6.07) is 13.4. The Hall–Kier alpha value is -1.81. The number of carbonyl (C=O) groups excluding carboxylic acids is 1. The molecule has 2 N–H and O–H groups in total. The smallest absolute Gasteiger partial charge is 0.255 e. The van der Waals surface area contributed by atoms with Gasteiger partial charge in [0.15, 0.2) is 0 Å². The van der Waals surface area contributed by atoms with Gasteiger partial charge in [-0.1, -0.05) is 15.9 Å². The van der Waals surface area contributed by atoms with E-state index >= 15 is 0 Å². The summed E-state index contributed by atoms with van der Waals surface area (Å²) in [6.07, 6.45) is 0. The second kappa shape index (κ2) is 5.01. The van der Waals surface area contributed by atoms with Gasteiger partial charge in [-0.05, 0) is 48.5 Å². The third-order valence-electron chi connectivity index (χ3n) is 2.23. The highest BCUT2D eigenvalue weighted by atomic mass is 79.9. The van der Waals surface area contributed by atoms with Gasteiger partial charge in [0.2, 0.25) is 0 Å². The predicted octanol–water partition coefficient (Wildman–Crippen LogP) is 3.41. The number of anilines is 1. The van der Waals surface area contributed by atoms with Crippen LogP contribution in [0.4, 0.5) is 5.69 Å². The molecule has 0 saturated carbocycles. The summed E-state index contributed by atoms with van der Waals surface area (Å²) in [7, 11) is 0. The van der Waals surface area contributed by atoms with Gasteiger partial charge in [0, 0.05) is 15.7 Å². The van der Waals surface area contributed by atoms with Crippen LogP contribution in [-0.2, 0) is 0 Å². The molecule has 0 atom stereocenters. The third kappa shape index (κ3) is 3.07. The maximum Gasteiger partial charge on any atom is 0.255 e. The maximum absolute atomic E-state index is 11.8. The molecule has 0 aliphatic carbocycles. The Morgan fingerprint density at radius 1 is 1.00 bits per heavy atom. The van der Waals surface area contributed by atoms with E-state index in [1.165, 1.54) is 12.1 Å². The van der Waals surface area contributed by atoms with E-state index in [2.05, 4.69) is 21.2 Å². The Bertz CT molecular complexity index is 520. The minimum atomic E-state index is -0.202. The van der Waals surface area contributed by atoms with Crippen molar-refractivity contribution >= 4 is 27.5 Å². The maximum atomic E-state index is 11.8. The monoisotopic (exact) mass is 291 g/mol. The molecular formula is C13H10BrNO2. The van der Waals surface area contributed by atoms with Crippen LogP contribution in [0.15, 0.2) is 53.0 Å². The third-order valence-corrected chi connectivity index (χ3v) is 2.76. The summed E-state index contributed by atoms with van der Waals surface area (Å²) in [5.41, 5.74) is 1.23. The number of nitrogens with one attached hydrogen (secondary N) is 1. The van der Waals surface area contributed by atoms with Crippen LogP contribution >= 0.6 is 15.9 Å². The van der Waals surface area contributed by atoms with Crippen molar-refractivity contribution in [2.45, 2.75) is 0 Å². The van der Waals surface area contributed by atoms with Crippen molar-refractivity contribution in [2.24, 2.45) is 0 Å². The fourth-order valence-corrected chi connectivity index (χ4v) is 1.61. The predicted molar refractivity (Wildman–Crippen MR) is 70.2 cm³/mol. The zero-order chi connectivity index (χ0) is 12.3. The van der Waals surface area contributed by atoms with E-state index in [-0.39, 0.29) is 11.7 Å². The Morgan fingerprint density at radius 2 is 1.59 bits per heavy atom. The van der Waals surface area contributed by atoms with Gasteiger partial charge in [-0.25, -0.2) is 0 Å². The lowest BCUT2D eigenvalue weighted by molar-refractivity contribution is 0.102. The number of benzene rings is 2. The molecule has 0 bridgehead atoms. The van der Waals surface area contributed by atoms with Crippen molar-refractivity contribution in [1.29, 1.82) is 0 Å². The molecule has 2 aromatic rings. The minimum absolute atomic E-state index is 0.144. The molecule has 0 unspecified atom stereocenters. The first-order valence-electron chi connectivity index (χ1n) is 5.01. The Balaban J connectivity index is 2.11. The molecule has 4 heteroatoms. The van der Waals surface area contributed by atoms with Crippen LogP contribution in [0.1, 0.15) is 10.4 Å². The highest BCUT2D eigenvalue weighted by Gasteiger charge is 2.05. The molecule has 3 nitrogen and oxygen atoms in total. The van der Waals surface area contributed by atoms with Gasteiger partial charge < -0.3 is 10.4 Å². The molecule has 0 radical (unpaired) electrons. The fourth-order valence-electron chi connectivity index (χ4n) is 1.35. The number of phenols is 1. The van der Waals surface area contributed by atoms with Gasteiger partial charge in [-0.15, -0.1) is 0 Å². The van der Waals surface area contributed by atoms with Gasteiger partial charge in [-0.3, -0.25) is 4.79 Å². The van der Waals surface area contributed by atoms with E-state index in [1.807, 2.05) is 24.3 Å². The van der Waals surface area contributed by atoms with E-state index < -0.39 is 0 Å². The summed E-state index contributed by atoms with van der Waals surface area (Å²) in [4.78, 5) is 11.8. The van der Waals surface area contributed by atoms with Crippen molar-refractivity contribution in [3.63, 3.8) is 0 Å². The first-order valence-corrected chi connectivity index (χ1v) is 5.80. The van der Waals surface area contributed by atoms with Gasteiger partial charge in [0.05, 0.1) is 0 Å². The van der Waals surface area contributed by atoms with Crippen LogP contribution in [0, 0.1) is 0 Å². The normalized spacial score (nSPS) is 9.94. The average Bonchev–Trinajstić information content (AvgIpc) is 2.33. The lowest BCUT2D eigenvalue weighted by Gasteiger charge is -2.05. The molecule has 1 amide bonds. The summed E-state index contributed by atoms with van der Waals surface area (Å²) in [5, 5.41) is 11.9. The number of aromatic hydroxyl groups is 1. The van der Waals surface area contributed by atoms with E-state index in [4.69, 9.17) is 5.11 Å². The average molecular weight is 292 g/mol. The largest absolute Gasteiger partial charge is 0.508 e. The number of carbonyl (C=O) groups is 1. The van der Waals surface area contributed by atoms with E-state index in [0.29, 0.717) is 5.56 Å². The quantitative estimate of drug-likeness (QED) is 0.891. The van der Waals surface area contributed by atoms with Crippen LogP contribution in [0.2, 0.25) is 0 Å². The number of hydrogen-bond acceptors (Lipinski definition) is 2. The topological polar surface area (TPSA) is 49.3 Å². The van der Waals surface area contributed by atoms with E-state index in [1.54, 1.807) is 12.1 Å². The molecular weight excluding hydrogens is 282 g/mol. The molecule has 2 rings (SSSR count). The summed E-state index contributed by atoms with van der Waals surface area (Å²) >= 11 is 3.32. The Labute approximate surface area is 107 Å². The Morgan fingerprint density at radius 3 is 2.18 bits per heavy atom. The summed E-state index contributed by atoms with van der Waals surface area (Å²) in [6.45, 7) is 0. The highest BCUT2D eigenvalue weighted by molar-refractivity contribution is 9.10. The number of hydrogen-bond donors (Lipinski definition) is 2. The van der Waals surface area contributed by atoms with Gasteiger partial charge in [-0.2, -0.15) is 0 Å². The molecule has 0 aromatic heterocycles. The minimum Gasteiger partial charge on any atom is -0.508 e. The molecule has 0 aliphatic heterocycles. The molecule has 0 fully saturated rings. The number of phenolic OH excluding ortho intramolecular Hbond substituents is 1. The molecule has 17 heavy (non-hydrogen) atoms. The summed E-state index contributed by atoms with van der Waals surface area (Å²) in [5.74, 6) is -0.0579. The van der Waals surface area contributed by atoms with Crippen LogP contribution < -0.4 is 5.32 Å². The lowest BCUT2D eigenvalue weighted by Crippen LogP contribution is -2.11. The van der Waals surface area contributed by atoms with Crippen molar-refractivity contribution in [3.8, 4) is 5.75 Å². The van der Waals surface area contributed by atoms with Crippen molar-refractivity contribution in [1.82, 2.24) is 0 Å². The van der Waals surface area contributed by atoms with Gasteiger partial charge >= 0.3 is 0 Å². The SMILES string of the molecule is O=C(Nc1ccc(Br)cc1)c1ccc(O)cc1. The number of halogens is 1. The fraction of sp³-hybridized carbons (Fsp3) is 0. The number of amides is 1. The van der Waals surface area contributed by atoms with Crippen LogP contribution in [0.25, 0.3) is 0 Å². The lowest BCUT2D eigenvalue weighted by atomic mass is 10.2. The van der Waals surface area contributed by atoms with Crippen LogP contribution in [0.3, 0.4) is 0 Å². The van der Waals surface area contributed by atoms with E-state index in [0.717, 1.165) is 10.2 Å². The van der Waals surface area contributed by atoms with Crippen molar-refractivity contribution in [3.05, 3.63) is 58.6 Å². The second-order valence-electron chi connectivity index (χ2n) is 3.51. The van der Waals surface area contributed by atoms with Gasteiger partial charge in [0.1, 0.15) is 5.75 Å². The zero-order valence-corrected chi connectivity index (χ0v) is 10.4. The molecule has 0 aliphatic rings. The van der Waals surface area contributed by atoms with Crippen LogP contribution in [-0.4, -0.2) is 11.0 Å². The first kappa shape index (κ1) is 11.7. The molecule has 0 heterocycles. The standard InChI is InChI=1S/C13H10BrNO2/c14-10-3-5-11(6-4-10)15-13(17)9-1-7-12(16)8-2-9/h1-8,16H,(H,15,17). The highest BCUT2D eigenvalue weighted by Crippen LogP contribution is 2.16. The summed E-state index contributed by atoms with van der Waals surface area (Å²) < 4.78 is 0.958. The first-order chi connectivity index (χ1) is 8.15. The van der Waals surface area contributed by atoms with Crippen molar-refractivity contribution in [2.75, 3.05) is 5.32 Å². The molecule has 86 valence electrons. The van der Waals surface area contributed by atoms with E-state index in [9.17, 15) is 4.79 Å². The molecule has 0 spiro atoms. The van der Waals surface area contributed by atoms with Crippen molar-refractivity contribution < 1.29 is 9.90 Å². The van der Waals surface area contributed by atoms with Gasteiger partial charge in [0.25, 0.3) is 5.91 Å².